The minimum Gasteiger partial charge on any atom is -0.338 e. The van der Waals surface area contributed by atoms with E-state index in [9.17, 15) is 0 Å². The highest BCUT2D eigenvalue weighted by Crippen LogP contribution is 2.24. The van der Waals surface area contributed by atoms with Crippen LogP contribution >= 0.6 is 11.3 Å². The number of nitrogens with zero attached hydrogens (tertiary/aromatic N) is 3. The predicted octanol–water partition coefficient (Wildman–Crippen LogP) is 3.23. The Kier molecular flexibility index (Phi) is 3.75. The largest absolute Gasteiger partial charge is 0.338 e. The Morgan fingerprint density at radius 2 is 2.35 bits per heavy atom. The summed E-state index contributed by atoms with van der Waals surface area (Å²) in [5.41, 5.74) is 1.89. The van der Waals surface area contributed by atoms with Gasteiger partial charge in [0.1, 0.15) is 0 Å². The zero-order chi connectivity index (χ0) is 13.9. The van der Waals surface area contributed by atoms with Crippen molar-refractivity contribution in [3.63, 3.8) is 0 Å². The third-order valence-corrected chi connectivity index (χ3v) is 4.10. The van der Waals surface area contributed by atoms with E-state index in [0.29, 0.717) is 24.3 Å². The average Bonchev–Trinajstić information content (AvgIpc) is 3.12. The smallest absolute Gasteiger partial charge is 0.240 e. The fraction of sp³-hybridized carbons (Fsp3) is 0.357. The molecule has 3 aromatic rings. The molecule has 0 saturated carbocycles. The number of pyridine rings is 1. The highest BCUT2D eigenvalue weighted by atomic mass is 32.1. The van der Waals surface area contributed by atoms with E-state index < -0.39 is 0 Å². The van der Waals surface area contributed by atoms with Crippen LogP contribution in [-0.2, 0) is 6.54 Å². The summed E-state index contributed by atoms with van der Waals surface area (Å²) in [5.74, 6) is 1.19. The van der Waals surface area contributed by atoms with Gasteiger partial charge in [0.05, 0.1) is 16.8 Å². The number of hydrogen-bond donors (Lipinski definition) is 1. The third-order valence-electron chi connectivity index (χ3n) is 3.24. The molecule has 3 heterocycles. The number of rotatable bonds is 5. The molecule has 0 spiro atoms. The summed E-state index contributed by atoms with van der Waals surface area (Å²) in [6.07, 6.45) is 2.85. The van der Waals surface area contributed by atoms with Crippen LogP contribution in [0.3, 0.4) is 0 Å². The van der Waals surface area contributed by atoms with Gasteiger partial charge in [-0.1, -0.05) is 12.1 Å². The van der Waals surface area contributed by atoms with Crippen molar-refractivity contribution in [2.24, 2.45) is 0 Å². The van der Waals surface area contributed by atoms with Crippen LogP contribution in [0.2, 0.25) is 0 Å². The van der Waals surface area contributed by atoms with Crippen molar-refractivity contribution in [3.05, 3.63) is 29.6 Å². The van der Waals surface area contributed by atoms with Gasteiger partial charge < -0.3 is 9.84 Å². The van der Waals surface area contributed by atoms with Gasteiger partial charge in [-0.15, -0.1) is 11.3 Å². The minimum absolute atomic E-state index is 0.439. The lowest BCUT2D eigenvalue weighted by molar-refractivity contribution is 0.358. The van der Waals surface area contributed by atoms with Crippen molar-refractivity contribution in [2.75, 3.05) is 0 Å². The minimum atomic E-state index is 0.439. The Morgan fingerprint density at radius 3 is 3.20 bits per heavy atom. The number of fused-ring (bicyclic) bond motifs is 1. The number of nitrogens with one attached hydrogen (secondary N) is 1. The maximum absolute atomic E-state index is 5.26. The van der Waals surface area contributed by atoms with Gasteiger partial charge in [-0.2, -0.15) is 4.98 Å². The van der Waals surface area contributed by atoms with Gasteiger partial charge in [-0.25, -0.2) is 0 Å². The third kappa shape index (κ3) is 2.71. The van der Waals surface area contributed by atoms with E-state index in [0.717, 1.165) is 22.2 Å². The van der Waals surface area contributed by atoms with Crippen LogP contribution in [0, 0.1) is 0 Å². The van der Waals surface area contributed by atoms with Crippen molar-refractivity contribution in [1.82, 2.24) is 20.4 Å². The molecule has 6 heteroatoms. The first-order valence-corrected chi connectivity index (χ1v) is 7.54. The van der Waals surface area contributed by atoms with Crippen LogP contribution in [0.1, 0.15) is 26.2 Å². The molecule has 0 amide bonds. The van der Waals surface area contributed by atoms with E-state index in [4.69, 9.17) is 4.52 Å². The van der Waals surface area contributed by atoms with Crippen LogP contribution in [-0.4, -0.2) is 21.2 Å². The second-order valence-corrected chi connectivity index (χ2v) is 5.68. The van der Waals surface area contributed by atoms with Crippen LogP contribution in [0.5, 0.6) is 0 Å². The van der Waals surface area contributed by atoms with E-state index >= 15 is 0 Å². The van der Waals surface area contributed by atoms with Gasteiger partial charge >= 0.3 is 0 Å². The number of thiophene rings is 1. The second-order valence-electron chi connectivity index (χ2n) is 4.73. The van der Waals surface area contributed by atoms with Gasteiger partial charge in [-0.3, -0.25) is 4.98 Å². The summed E-state index contributed by atoms with van der Waals surface area (Å²) in [4.78, 5) is 8.79. The van der Waals surface area contributed by atoms with Crippen LogP contribution in [0.4, 0.5) is 0 Å². The summed E-state index contributed by atoms with van der Waals surface area (Å²) < 4.78 is 6.39. The lowest BCUT2D eigenvalue weighted by Gasteiger charge is -2.07. The highest BCUT2D eigenvalue weighted by molar-refractivity contribution is 7.17. The first kappa shape index (κ1) is 13.2. The molecule has 1 atom stereocenters. The van der Waals surface area contributed by atoms with Crippen molar-refractivity contribution in [2.45, 2.75) is 32.9 Å². The van der Waals surface area contributed by atoms with Crippen LogP contribution in [0.25, 0.3) is 21.6 Å². The first-order chi connectivity index (χ1) is 9.76. The zero-order valence-electron chi connectivity index (χ0n) is 11.5. The Labute approximate surface area is 121 Å². The highest BCUT2D eigenvalue weighted by Gasteiger charge is 2.10. The molecular weight excluding hydrogens is 272 g/mol. The Balaban J connectivity index is 1.78. The van der Waals surface area contributed by atoms with Crippen molar-refractivity contribution in [1.29, 1.82) is 0 Å². The van der Waals surface area contributed by atoms with Gasteiger partial charge in [0.25, 0.3) is 0 Å². The Hall–Kier alpha value is -1.79. The van der Waals surface area contributed by atoms with Gasteiger partial charge in [0.15, 0.2) is 0 Å². The molecule has 3 rings (SSSR count). The lowest BCUT2D eigenvalue weighted by atomic mass is 10.2. The van der Waals surface area contributed by atoms with E-state index in [1.807, 2.05) is 17.5 Å². The normalized spacial score (nSPS) is 12.9. The molecule has 0 aliphatic rings. The van der Waals surface area contributed by atoms with Gasteiger partial charge in [0, 0.05) is 17.8 Å². The molecule has 1 N–H and O–H groups in total. The fourth-order valence-electron chi connectivity index (χ4n) is 1.82. The number of hydrogen-bond acceptors (Lipinski definition) is 6. The lowest BCUT2D eigenvalue weighted by Crippen LogP contribution is -2.24. The fourth-order valence-corrected chi connectivity index (χ4v) is 2.60. The van der Waals surface area contributed by atoms with E-state index in [2.05, 4.69) is 34.3 Å². The quantitative estimate of drug-likeness (QED) is 0.781. The molecule has 104 valence electrons. The molecule has 0 radical (unpaired) electrons. The molecule has 0 aromatic carbocycles. The predicted molar refractivity (Wildman–Crippen MR) is 79.5 cm³/mol. The number of aromatic nitrogens is 3. The molecule has 1 unspecified atom stereocenters. The maximum Gasteiger partial charge on any atom is 0.240 e. The SMILES string of the molecule is CCC(C)NCc1nc(-c2cnc3ccsc3c2)no1. The standard InChI is InChI=1S/C14H16N4OS/c1-3-9(2)15-8-13-17-14(18-19-13)10-6-12-11(16-7-10)4-5-20-12/h4-7,9,15H,3,8H2,1-2H3. The van der Waals surface area contributed by atoms with E-state index in [1.165, 1.54) is 0 Å². The topological polar surface area (TPSA) is 63.8 Å². The van der Waals surface area contributed by atoms with Crippen molar-refractivity contribution >= 4 is 21.6 Å². The molecule has 0 aliphatic carbocycles. The molecule has 20 heavy (non-hydrogen) atoms. The zero-order valence-corrected chi connectivity index (χ0v) is 12.3. The van der Waals surface area contributed by atoms with E-state index in [-0.39, 0.29) is 0 Å². The molecule has 3 aromatic heterocycles. The Bertz CT molecular complexity index is 706. The molecule has 0 fully saturated rings. The van der Waals surface area contributed by atoms with Crippen molar-refractivity contribution < 1.29 is 4.52 Å². The summed E-state index contributed by atoms with van der Waals surface area (Å²) in [6, 6.07) is 4.49. The molecular formula is C14H16N4OS. The Morgan fingerprint density at radius 1 is 1.45 bits per heavy atom. The summed E-state index contributed by atoms with van der Waals surface area (Å²) in [7, 11) is 0. The summed E-state index contributed by atoms with van der Waals surface area (Å²) in [5, 5.41) is 9.38. The molecule has 5 nitrogen and oxygen atoms in total. The van der Waals surface area contributed by atoms with E-state index in [1.54, 1.807) is 17.5 Å². The second kappa shape index (κ2) is 5.68. The molecule has 0 bridgehead atoms. The maximum atomic E-state index is 5.26. The summed E-state index contributed by atoms with van der Waals surface area (Å²) >= 11 is 1.66. The molecule has 0 aliphatic heterocycles. The van der Waals surface area contributed by atoms with Crippen molar-refractivity contribution in [3.8, 4) is 11.4 Å². The van der Waals surface area contributed by atoms with Crippen LogP contribution < -0.4 is 5.32 Å². The van der Waals surface area contributed by atoms with Gasteiger partial charge in [0.2, 0.25) is 11.7 Å². The van der Waals surface area contributed by atoms with Gasteiger partial charge in [-0.05, 0) is 30.9 Å². The monoisotopic (exact) mass is 288 g/mol. The first-order valence-electron chi connectivity index (χ1n) is 6.66. The van der Waals surface area contributed by atoms with Crippen LogP contribution in [0.15, 0.2) is 28.2 Å². The molecule has 0 saturated heterocycles. The summed E-state index contributed by atoms with van der Waals surface area (Å²) in [6.45, 7) is 4.86. The average molecular weight is 288 g/mol.